The van der Waals surface area contributed by atoms with Gasteiger partial charge in [0.15, 0.2) is 0 Å². The standard InChI is InChI=1S/C16H29F3N8/c1-15(2,11-26(3)4)9-21-12-23-13(22-10-16(17,18)19)25-14(24-12)27-7-5-20-6-8-27/h20H,5-11H2,1-4H3,(H2,21,22,23,24,25). The highest BCUT2D eigenvalue weighted by Crippen LogP contribution is 2.20. The predicted molar refractivity (Wildman–Crippen MR) is 100 cm³/mol. The van der Waals surface area contributed by atoms with Gasteiger partial charge in [0.1, 0.15) is 6.54 Å². The number of anilines is 3. The lowest BCUT2D eigenvalue weighted by atomic mass is 9.93. The van der Waals surface area contributed by atoms with Crippen molar-refractivity contribution in [3.05, 3.63) is 0 Å². The SMILES string of the molecule is CN(C)CC(C)(C)CNc1nc(NCC(F)(F)F)nc(N2CCNCC2)n1. The van der Waals surface area contributed by atoms with E-state index in [1.54, 1.807) is 0 Å². The Labute approximate surface area is 157 Å². The van der Waals surface area contributed by atoms with Crippen LogP contribution in [0.3, 0.4) is 0 Å². The van der Waals surface area contributed by atoms with E-state index in [2.05, 4.69) is 49.6 Å². The predicted octanol–water partition coefficient (Wildman–Crippen LogP) is 1.26. The van der Waals surface area contributed by atoms with Crippen LogP contribution in [0.2, 0.25) is 0 Å². The Bertz CT molecular complexity index is 600. The van der Waals surface area contributed by atoms with Crippen molar-refractivity contribution in [3.8, 4) is 0 Å². The largest absolute Gasteiger partial charge is 0.405 e. The van der Waals surface area contributed by atoms with E-state index in [0.29, 0.717) is 25.6 Å². The molecule has 0 saturated carbocycles. The van der Waals surface area contributed by atoms with Gasteiger partial charge in [0.25, 0.3) is 0 Å². The number of hydrogen-bond donors (Lipinski definition) is 3. The van der Waals surface area contributed by atoms with E-state index in [9.17, 15) is 13.2 Å². The highest BCUT2D eigenvalue weighted by Gasteiger charge is 2.28. The maximum Gasteiger partial charge on any atom is 0.405 e. The summed E-state index contributed by atoms with van der Waals surface area (Å²) in [5.41, 5.74) is -0.0646. The van der Waals surface area contributed by atoms with E-state index in [4.69, 9.17) is 0 Å². The molecule has 1 aliphatic heterocycles. The van der Waals surface area contributed by atoms with Crippen LogP contribution >= 0.6 is 0 Å². The molecule has 0 radical (unpaired) electrons. The second kappa shape index (κ2) is 8.87. The molecule has 1 aliphatic rings. The molecule has 1 fully saturated rings. The molecule has 0 atom stereocenters. The number of nitrogens with zero attached hydrogens (tertiary/aromatic N) is 5. The van der Waals surface area contributed by atoms with Crippen molar-refractivity contribution in [3.63, 3.8) is 0 Å². The smallest absolute Gasteiger partial charge is 0.353 e. The molecule has 3 N–H and O–H groups in total. The minimum atomic E-state index is -4.34. The number of nitrogens with one attached hydrogen (secondary N) is 3. The highest BCUT2D eigenvalue weighted by atomic mass is 19.4. The molecule has 0 unspecified atom stereocenters. The molecule has 2 heterocycles. The Balaban J connectivity index is 2.15. The number of aromatic nitrogens is 3. The summed E-state index contributed by atoms with van der Waals surface area (Å²) in [6, 6.07) is 0. The molecule has 8 nitrogen and oxygen atoms in total. The van der Waals surface area contributed by atoms with Crippen molar-refractivity contribution in [1.29, 1.82) is 0 Å². The molecule has 1 saturated heterocycles. The molecule has 1 aromatic heterocycles. The normalized spacial score (nSPS) is 15.9. The molecule has 0 bridgehead atoms. The summed E-state index contributed by atoms with van der Waals surface area (Å²) >= 11 is 0. The topological polar surface area (TPSA) is 81.2 Å². The van der Waals surface area contributed by atoms with Gasteiger partial charge in [-0.1, -0.05) is 13.8 Å². The summed E-state index contributed by atoms with van der Waals surface area (Å²) in [5, 5.41) is 8.64. The number of alkyl halides is 3. The van der Waals surface area contributed by atoms with Crippen LogP contribution in [0.25, 0.3) is 0 Å². The quantitative estimate of drug-likeness (QED) is 0.612. The highest BCUT2D eigenvalue weighted by molar-refractivity contribution is 5.44. The van der Waals surface area contributed by atoms with Crippen LogP contribution in [-0.4, -0.2) is 85.9 Å². The fraction of sp³-hybridized carbons (Fsp3) is 0.812. The minimum absolute atomic E-state index is 0.0646. The average molecular weight is 390 g/mol. The molecule has 27 heavy (non-hydrogen) atoms. The summed E-state index contributed by atoms with van der Waals surface area (Å²) in [6.07, 6.45) is -4.34. The monoisotopic (exact) mass is 390 g/mol. The van der Waals surface area contributed by atoms with Gasteiger partial charge in [0.2, 0.25) is 17.8 Å². The molecule has 0 aliphatic carbocycles. The lowest BCUT2D eigenvalue weighted by Crippen LogP contribution is -2.44. The van der Waals surface area contributed by atoms with Crippen molar-refractivity contribution in [2.45, 2.75) is 20.0 Å². The Kier molecular flexibility index (Phi) is 7.04. The van der Waals surface area contributed by atoms with E-state index in [-0.39, 0.29) is 17.3 Å². The second-order valence-electron chi connectivity index (χ2n) is 7.74. The van der Waals surface area contributed by atoms with E-state index in [0.717, 1.165) is 19.6 Å². The third-order valence-electron chi connectivity index (χ3n) is 3.94. The van der Waals surface area contributed by atoms with Crippen LogP contribution < -0.4 is 20.9 Å². The average Bonchev–Trinajstić information content (AvgIpc) is 2.57. The summed E-state index contributed by atoms with van der Waals surface area (Å²) in [6.45, 7) is 7.35. The van der Waals surface area contributed by atoms with E-state index < -0.39 is 12.7 Å². The van der Waals surface area contributed by atoms with E-state index >= 15 is 0 Å². The van der Waals surface area contributed by atoms with Crippen LogP contribution in [0.5, 0.6) is 0 Å². The van der Waals surface area contributed by atoms with Crippen LogP contribution in [0.15, 0.2) is 0 Å². The zero-order valence-electron chi connectivity index (χ0n) is 16.3. The van der Waals surface area contributed by atoms with Gasteiger partial charge in [-0.15, -0.1) is 0 Å². The Morgan fingerprint density at radius 2 is 1.56 bits per heavy atom. The van der Waals surface area contributed by atoms with Crippen molar-refractivity contribution >= 4 is 17.8 Å². The number of rotatable bonds is 8. The lowest BCUT2D eigenvalue weighted by Gasteiger charge is -2.29. The molecule has 154 valence electrons. The van der Waals surface area contributed by atoms with Gasteiger partial charge in [-0.25, -0.2) is 0 Å². The maximum atomic E-state index is 12.6. The summed E-state index contributed by atoms with van der Waals surface area (Å²) in [4.78, 5) is 16.7. The van der Waals surface area contributed by atoms with Gasteiger partial charge in [-0.05, 0) is 19.5 Å². The van der Waals surface area contributed by atoms with Crippen LogP contribution in [-0.2, 0) is 0 Å². The molecule has 11 heteroatoms. The van der Waals surface area contributed by atoms with Gasteiger partial charge in [-0.3, -0.25) is 0 Å². The Morgan fingerprint density at radius 1 is 1.00 bits per heavy atom. The summed E-state index contributed by atoms with van der Waals surface area (Å²) < 4.78 is 37.7. The van der Waals surface area contributed by atoms with Gasteiger partial charge in [-0.2, -0.15) is 28.1 Å². The van der Waals surface area contributed by atoms with Crippen LogP contribution in [0.4, 0.5) is 31.0 Å². The summed E-state index contributed by atoms with van der Waals surface area (Å²) in [5.74, 6) is 0.572. The molecule has 0 amide bonds. The van der Waals surface area contributed by atoms with Crippen molar-refractivity contribution in [1.82, 2.24) is 25.2 Å². The Hall–Kier alpha value is -1.88. The third-order valence-corrected chi connectivity index (χ3v) is 3.94. The fourth-order valence-corrected chi connectivity index (χ4v) is 2.94. The first-order chi connectivity index (χ1) is 12.5. The third kappa shape index (κ3) is 7.71. The van der Waals surface area contributed by atoms with Crippen molar-refractivity contribution < 1.29 is 13.2 Å². The zero-order chi connectivity index (χ0) is 20.1. The van der Waals surface area contributed by atoms with E-state index in [1.165, 1.54) is 0 Å². The van der Waals surface area contributed by atoms with Crippen LogP contribution in [0, 0.1) is 5.41 Å². The van der Waals surface area contributed by atoms with Crippen molar-refractivity contribution in [2.75, 3.05) is 75.4 Å². The van der Waals surface area contributed by atoms with E-state index in [1.807, 2.05) is 19.0 Å². The lowest BCUT2D eigenvalue weighted by molar-refractivity contribution is -0.115. The molecule has 0 aromatic carbocycles. The number of halogens is 3. The maximum absolute atomic E-state index is 12.6. The van der Waals surface area contributed by atoms with Crippen molar-refractivity contribution in [2.24, 2.45) is 5.41 Å². The zero-order valence-corrected chi connectivity index (χ0v) is 16.3. The van der Waals surface area contributed by atoms with Gasteiger partial charge in [0, 0.05) is 39.3 Å². The van der Waals surface area contributed by atoms with Gasteiger partial charge in [0.05, 0.1) is 0 Å². The number of piperazine rings is 1. The minimum Gasteiger partial charge on any atom is -0.353 e. The summed E-state index contributed by atoms with van der Waals surface area (Å²) in [7, 11) is 3.98. The van der Waals surface area contributed by atoms with Gasteiger partial charge >= 0.3 is 6.18 Å². The van der Waals surface area contributed by atoms with Gasteiger partial charge < -0.3 is 25.8 Å². The molecule has 0 spiro atoms. The molecule has 1 aromatic rings. The molecular weight excluding hydrogens is 361 g/mol. The number of hydrogen-bond acceptors (Lipinski definition) is 8. The first kappa shape index (κ1) is 21.4. The molecule has 2 rings (SSSR count). The fourth-order valence-electron chi connectivity index (χ4n) is 2.94. The first-order valence-electron chi connectivity index (χ1n) is 8.95. The van der Waals surface area contributed by atoms with Crippen LogP contribution in [0.1, 0.15) is 13.8 Å². The first-order valence-corrected chi connectivity index (χ1v) is 8.95. The Morgan fingerprint density at radius 3 is 2.07 bits per heavy atom. The second-order valence-corrected chi connectivity index (χ2v) is 7.74. The molecular formula is C16H29F3N8.